The Morgan fingerprint density at radius 3 is 2.67 bits per heavy atom. The highest BCUT2D eigenvalue weighted by atomic mass is 16.3. The van der Waals surface area contributed by atoms with Gasteiger partial charge in [0, 0.05) is 6.54 Å². The molecule has 0 fully saturated rings. The van der Waals surface area contributed by atoms with E-state index in [1.165, 1.54) is 0 Å². The van der Waals surface area contributed by atoms with Crippen LogP contribution >= 0.6 is 0 Å². The summed E-state index contributed by atoms with van der Waals surface area (Å²) in [6, 6.07) is 11.2. The first kappa shape index (κ1) is 17.1. The summed E-state index contributed by atoms with van der Waals surface area (Å²) < 4.78 is 7.23. The minimum Gasteiger partial charge on any atom is -0.467 e. The Morgan fingerprint density at radius 2 is 1.96 bits per heavy atom. The predicted molar refractivity (Wildman–Crippen MR) is 104 cm³/mol. The molecule has 138 valence electrons. The Kier molecular flexibility index (Phi) is 4.50. The molecule has 3 aromatic heterocycles. The number of amides is 1. The van der Waals surface area contributed by atoms with Crippen molar-refractivity contribution in [2.24, 2.45) is 0 Å². The number of para-hydroxylation sites is 2. The van der Waals surface area contributed by atoms with Crippen LogP contribution in [0.15, 0.2) is 47.1 Å². The minimum atomic E-state index is -0.228. The molecule has 0 atom stereocenters. The molecule has 4 rings (SSSR count). The maximum Gasteiger partial charge on any atom is 0.257 e. The van der Waals surface area contributed by atoms with Gasteiger partial charge in [-0.25, -0.2) is 9.97 Å². The van der Waals surface area contributed by atoms with Crippen LogP contribution in [-0.4, -0.2) is 27.0 Å². The van der Waals surface area contributed by atoms with E-state index in [1.807, 2.05) is 36.4 Å². The summed E-state index contributed by atoms with van der Waals surface area (Å²) in [5.74, 6) is 0.839. The van der Waals surface area contributed by atoms with Gasteiger partial charge >= 0.3 is 0 Å². The van der Waals surface area contributed by atoms with E-state index in [9.17, 15) is 4.79 Å². The average Bonchev–Trinajstić information content (AvgIpc) is 3.27. The standard InChI is InChI=1S/C20H21N5O2/c1-2-3-10-22-20(26)16-17-19(24-15-9-5-4-8-14(15)23-17)25(18(16)21)12-13-7-6-11-27-13/h4-9,11H,2-3,10,12,21H2,1H3,(H,22,26). The molecule has 7 heteroatoms. The molecule has 0 saturated heterocycles. The molecule has 0 aliphatic heterocycles. The fraction of sp³-hybridized carbons (Fsp3) is 0.250. The van der Waals surface area contributed by atoms with Crippen LogP contribution in [0.5, 0.6) is 0 Å². The third kappa shape index (κ3) is 3.12. The molecule has 3 heterocycles. The zero-order chi connectivity index (χ0) is 18.8. The smallest absolute Gasteiger partial charge is 0.257 e. The van der Waals surface area contributed by atoms with Gasteiger partial charge in [-0.2, -0.15) is 0 Å². The summed E-state index contributed by atoms with van der Waals surface area (Å²) in [6.07, 6.45) is 3.52. The number of fused-ring (bicyclic) bond motifs is 2. The number of nitrogens with one attached hydrogen (secondary N) is 1. The predicted octanol–water partition coefficient (Wildman–Crippen LogP) is 3.34. The lowest BCUT2D eigenvalue weighted by molar-refractivity contribution is 0.0955. The first-order valence-corrected chi connectivity index (χ1v) is 9.04. The molecule has 0 saturated carbocycles. The summed E-state index contributed by atoms with van der Waals surface area (Å²) in [4.78, 5) is 22.2. The summed E-state index contributed by atoms with van der Waals surface area (Å²) in [5.41, 5.74) is 9.30. The number of hydrogen-bond donors (Lipinski definition) is 2. The summed E-state index contributed by atoms with van der Waals surface area (Å²) in [7, 11) is 0. The van der Waals surface area contributed by atoms with Gasteiger partial charge in [0.05, 0.1) is 23.8 Å². The van der Waals surface area contributed by atoms with Gasteiger partial charge in [0.2, 0.25) is 0 Å². The van der Waals surface area contributed by atoms with Crippen molar-refractivity contribution in [3.8, 4) is 0 Å². The topological polar surface area (TPSA) is 99.0 Å². The van der Waals surface area contributed by atoms with E-state index in [1.54, 1.807) is 10.8 Å². The van der Waals surface area contributed by atoms with Crippen molar-refractivity contribution in [2.45, 2.75) is 26.3 Å². The van der Waals surface area contributed by atoms with Crippen molar-refractivity contribution >= 4 is 33.9 Å². The first-order valence-electron chi connectivity index (χ1n) is 9.04. The molecule has 1 aromatic carbocycles. The number of furan rings is 1. The molecular weight excluding hydrogens is 342 g/mol. The van der Waals surface area contributed by atoms with Crippen LogP contribution in [0.1, 0.15) is 35.9 Å². The van der Waals surface area contributed by atoms with Crippen LogP contribution < -0.4 is 11.1 Å². The number of nitrogens with two attached hydrogens (primary N) is 1. The maximum absolute atomic E-state index is 12.8. The monoisotopic (exact) mass is 363 g/mol. The number of carbonyl (C=O) groups is 1. The Morgan fingerprint density at radius 1 is 1.19 bits per heavy atom. The van der Waals surface area contributed by atoms with E-state index in [0.29, 0.717) is 35.6 Å². The number of benzene rings is 1. The summed E-state index contributed by atoms with van der Waals surface area (Å²) in [6.45, 7) is 3.05. The van der Waals surface area contributed by atoms with Crippen molar-refractivity contribution in [2.75, 3.05) is 12.3 Å². The van der Waals surface area contributed by atoms with Gasteiger partial charge in [-0.15, -0.1) is 0 Å². The number of aromatic nitrogens is 3. The molecule has 1 amide bonds. The molecule has 3 N–H and O–H groups in total. The van der Waals surface area contributed by atoms with Gasteiger partial charge in [0.15, 0.2) is 5.65 Å². The number of carbonyl (C=O) groups excluding carboxylic acids is 1. The molecule has 4 aromatic rings. The zero-order valence-corrected chi connectivity index (χ0v) is 15.1. The van der Waals surface area contributed by atoms with Crippen molar-refractivity contribution in [3.63, 3.8) is 0 Å². The fourth-order valence-corrected chi connectivity index (χ4v) is 3.13. The lowest BCUT2D eigenvalue weighted by Crippen LogP contribution is -2.25. The van der Waals surface area contributed by atoms with E-state index in [-0.39, 0.29) is 5.91 Å². The highest BCUT2D eigenvalue weighted by Crippen LogP contribution is 2.28. The molecule has 0 aliphatic rings. The average molecular weight is 363 g/mol. The Balaban J connectivity index is 1.88. The third-order valence-corrected chi connectivity index (χ3v) is 4.53. The number of nitrogens with zero attached hydrogens (tertiary/aromatic N) is 3. The highest BCUT2D eigenvalue weighted by Gasteiger charge is 2.24. The van der Waals surface area contributed by atoms with E-state index >= 15 is 0 Å². The van der Waals surface area contributed by atoms with Crippen LogP contribution in [0.25, 0.3) is 22.2 Å². The number of rotatable bonds is 6. The lowest BCUT2D eigenvalue weighted by atomic mass is 10.2. The minimum absolute atomic E-state index is 0.228. The van der Waals surface area contributed by atoms with Gasteiger partial charge in [-0.05, 0) is 30.7 Å². The molecule has 0 radical (unpaired) electrons. The van der Waals surface area contributed by atoms with E-state index in [0.717, 1.165) is 29.6 Å². The van der Waals surface area contributed by atoms with Gasteiger partial charge in [0.25, 0.3) is 5.91 Å². The van der Waals surface area contributed by atoms with Crippen molar-refractivity contribution < 1.29 is 9.21 Å². The fourth-order valence-electron chi connectivity index (χ4n) is 3.13. The Bertz CT molecular complexity index is 1100. The van der Waals surface area contributed by atoms with Crippen molar-refractivity contribution in [1.82, 2.24) is 19.9 Å². The number of nitrogen functional groups attached to an aromatic ring is 1. The Hall–Kier alpha value is -3.35. The van der Waals surface area contributed by atoms with Crippen molar-refractivity contribution in [3.05, 3.63) is 54.0 Å². The molecule has 0 aliphatic carbocycles. The molecule has 27 heavy (non-hydrogen) atoms. The van der Waals surface area contributed by atoms with Crippen LogP contribution in [0.3, 0.4) is 0 Å². The van der Waals surface area contributed by atoms with E-state index in [2.05, 4.69) is 17.2 Å². The number of anilines is 1. The van der Waals surface area contributed by atoms with Crippen LogP contribution in [-0.2, 0) is 6.54 Å². The number of unbranched alkanes of at least 4 members (excludes halogenated alkanes) is 1. The van der Waals surface area contributed by atoms with E-state index < -0.39 is 0 Å². The summed E-state index contributed by atoms with van der Waals surface area (Å²) >= 11 is 0. The lowest BCUT2D eigenvalue weighted by Gasteiger charge is -2.06. The third-order valence-electron chi connectivity index (χ3n) is 4.53. The normalized spacial score (nSPS) is 11.3. The summed E-state index contributed by atoms with van der Waals surface area (Å²) in [5, 5.41) is 2.93. The van der Waals surface area contributed by atoms with Gasteiger partial charge < -0.3 is 20.0 Å². The highest BCUT2D eigenvalue weighted by molar-refractivity contribution is 6.10. The van der Waals surface area contributed by atoms with Gasteiger partial charge in [-0.1, -0.05) is 25.5 Å². The van der Waals surface area contributed by atoms with Crippen molar-refractivity contribution in [1.29, 1.82) is 0 Å². The second-order valence-corrected chi connectivity index (χ2v) is 6.42. The quantitative estimate of drug-likeness (QED) is 0.512. The molecule has 0 unspecified atom stereocenters. The molecule has 0 spiro atoms. The number of hydrogen-bond acceptors (Lipinski definition) is 5. The van der Waals surface area contributed by atoms with E-state index in [4.69, 9.17) is 15.1 Å². The SMILES string of the molecule is CCCCNC(=O)c1c(N)n(Cc2ccco2)c2nc3ccccc3nc12. The first-order chi connectivity index (χ1) is 13.2. The Labute approximate surface area is 156 Å². The molecule has 0 bridgehead atoms. The van der Waals surface area contributed by atoms with Crippen LogP contribution in [0.4, 0.5) is 5.82 Å². The van der Waals surface area contributed by atoms with Crippen LogP contribution in [0.2, 0.25) is 0 Å². The second-order valence-electron chi connectivity index (χ2n) is 6.42. The molecular formula is C20H21N5O2. The van der Waals surface area contributed by atoms with Crippen LogP contribution in [0, 0.1) is 0 Å². The van der Waals surface area contributed by atoms with Gasteiger partial charge in [-0.3, -0.25) is 4.79 Å². The largest absolute Gasteiger partial charge is 0.467 e. The van der Waals surface area contributed by atoms with Gasteiger partial charge in [0.1, 0.15) is 22.7 Å². The zero-order valence-electron chi connectivity index (χ0n) is 15.1. The maximum atomic E-state index is 12.8. The molecule has 7 nitrogen and oxygen atoms in total. The second kappa shape index (κ2) is 7.11.